The lowest BCUT2D eigenvalue weighted by molar-refractivity contribution is -0.141. The van der Waals surface area contributed by atoms with Crippen LogP contribution in [0.15, 0.2) is 34.2 Å². The molecule has 11 heteroatoms. The fourth-order valence-electron chi connectivity index (χ4n) is 1.55. The SMILES string of the molecule is O=C(CSc1nc(C(F)(F)F)cc(=O)[nH]1)Nc1ccc(Cl)c(Cl)c1. The number of carbonyl (C=O) groups excluding carboxylic acids is 1. The van der Waals surface area contributed by atoms with Gasteiger partial charge >= 0.3 is 6.18 Å². The summed E-state index contributed by atoms with van der Waals surface area (Å²) < 4.78 is 37.7. The number of aromatic nitrogens is 2. The van der Waals surface area contributed by atoms with Crippen molar-refractivity contribution in [1.29, 1.82) is 0 Å². The number of hydrogen-bond donors (Lipinski definition) is 2. The molecule has 1 aromatic heterocycles. The molecule has 1 heterocycles. The molecule has 0 radical (unpaired) electrons. The van der Waals surface area contributed by atoms with E-state index < -0.39 is 23.3 Å². The van der Waals surface area contributed by atoms with Crippen molar-refractivity contribution in [2.24, 2.45) is 0 Å². The number of amides is 1. The van der Waals surface area contributed by atoms with Crippen LogP contribution < -0.4 is 10.9 Å². The number of alkyl halides is 3. The third kappa shape index (κ3) is 5.15. The smallest absolute Gasteiger partial charge is 0.325 e. The van der Waals surface area contributed by atoms with E-state index in [1.165, 1.54) is 18.2 Å². The van der Waals surface area contributed by atoms with Crippen LogP contribution in [0.1, 0.15) is 5.69 Å². The van der Waals surface area contributed by atoms with Gasteiger partial charge in [0, 0.05) is 11.8 Å². The zero-order valence-corrected chi connectivity index (χ0v) is 13.9. The minimum Gasteiger partial charge on any atom is -0.325 e. The molecule has 0 fully saturated rings. The third-order valence-corrected chi connectivity index (χ3v) is 4.17. The number of aromatic amines is 1. The summed E-state index contributed by atoms with van der Waals surface area (Å²) in [4.78, 5) is 28.4. The highest BCUT2D eigenvalue weighted by Gasteiger charge is 2.33. The summed E-state index contributed by atoms with van der Waals surface area (Å²) in [7, 11) is 0. The number of halogens is 5. The Morgan fingerprint density at radius 1 is 1.25 bits per heavy atom. The van der Waals surface area contributed by atoms with Gasteiger partial charge in [-0.05, 0) is 18.2 Å². The molecular weight excluding hydrogens is 390 g/mol. The first-order valence-corrected chi connectivity index (χ1v) is 7.95. The standard InChI is InChI=1S/C13H8Cl2F3N3O2S/c14-7-2-1-6(3-8(7)15)19-11(23)5-24-12-20-9(13(16,17)18)4-10(22)21-12/h1-4H,5H2,(H,19,23)(H,20,21,22). The van der Waals surface area contributed by atoms with Gasteiger partial charge in [-0.1, -0.05) is 35.0 Å². The van der Waals surface area contributed by atoms with Gasteiger partial charge in [0.15, 0.2) is 10.9 Å². The van der Waals surface area contributed by atoms with Crippen LogP contribution in [0.4, 0.5) is 18.9 Å². The number of hydrogen-bond acceptors (Lipinski definition) is 4. The highest BCUT2D eigenvalue weighted by molar-refractivity contribution is 7.99. The van der Waals surface area contributed by atoms with E-state index in [0.717, 1.165) is 0 Å². The molecule has 0 saturated carbocycles. The first-order chi connectivity index (χ1) is 11.1. The fourth-order valence-corrected chi connectivity index (χ4v) is 2.53. The van der Waals surface area contributed by atoms with Crippen LogP contribution in [0.2, 0.25) is 10.0 Å². The number of nitrogens with one attached hydrogen (secondary N) is 2. The van der Waals surface area contributed by atoms with Gasteiger partial charge < -0.3 is 10.3 Å². The Bertz CT molecular complexity index is 827. The molecule has 2 N–H and O–H groups in total. The summed E-state index contributed by atoms with van der Waals surface area (Å²) in [6.45, 7) is 0. The Kier molecular flexibility index (Phi) is 5.79. The minimum atomic E-state index is -4.74. The Hall–Kier alpha value is -1.71. The molecular formula is C13H8Cl2F3N3O2S. The number of carbonyl (C=O) groups is 1. The maximum Gasteiger partial charge on any atom is 0.433 e. The maximum atomic E-state index is 12.6. The van der Waals surface area contributed by atoms with E-state index in [9.17, 15) is 22.8 Å². The quantitative estimate of drug-likeness (QED) is 0.607. The molecule has 0 aliphatic carbocycles. The van der Waals surface area contributed by atoms with Crippen molar-refractivity contribution >= 4 is 46.6 Å². The maximum absolute atomic E-state index is 12.6. The molecule has 1 aromatic carbocycles. The number of benzene rings is 1. The van der Waals surface area contributed by atoms with Crippen LogP contribution in [0, 0.1) is 0 Å². The summed E-state index contributed by atoms with van der Waals surface area (Å²) in [5, 5.41) is 2.74. The molecule has 5 nitrogen and oxygen atoms in total. The molecule has 24 heavy (non-hydrogen) atoms. The molecule has 1 amide bonds. The van der Waals surface area contributed by atoms with Crippen LogP contribution >= 0.6 is 35.0 Å². The van der Waals surface area contributed by atoms with E-state index in [1.807, 2.05) is 0 Å². The molecule has 0 atom stereocenters. The van der Waals surface area contributed by atoms with Gasteiger partial charge in [-0.25, -0.2) is 4.98 Å². The van der Waals surface area contributed by atoms with Gasteiger partial charge in [-0.3, -0.25) is 9.59 Å². The predicted octanol–water partition coefficient (Wildman–Crippen LogP) is 3.83. The van der Waals surface area contributed by atoms with E-state index in [4.69, 9.17) is 23.2 Å². The van der Waals surface area contributed by atoms with Gasteiger partial charge in [-0.2, -0.15) is 13.2 Å². The Labute approximate surface area is 147 Å². The Balaban J connectivity index is 2.02. The average molecular weight is 398 g/mol. The van der Waals surface area contributed by atoms with Crippen molar-refractivity contribution in [1.82, 2.24) is 9.97 Å². The largest absolute Gasteiger partial charge is 0.433 e. The van der Waals surface area contributed by atoms with Gasteiger partial charge in [-0.15, -0.1) is 0 Å². The zero-order chi connectivity index (χ0) is 17.9. The van der Waals surface area contributed by atoms with Crippen LogP contribution in [0.25, 0.3) is 0 Å². The summed E-state index contributed by atoms with van der Waals surface area (Å²) >= 11 is 12.2. The number of anilines is 1. The van der Waals surface area contributed by atoms with E-state index in [-0.39, 0.29) is 15.9 Å². The number of thioether (sulfide) groups is 1. The van der Waals surface area contributed by atoms with Crippen molar-refractivity contribution in [3.8, 4) is 0 Å². The summed E-state index contributed by atoms with van der Waals surface area (Å²) in [6.07, 6.45) is -4.74. The van der Waals surface area contributed by atoms with E-state index in [2.05, 4.69) is 15.3 Å². The summed E-state index contributed by atoms with van der Waals surface area (Å²) in [6, 6.07) is 4.77. The highest BCUT2D eigenvalue weighted by atomic mass is 35.5. The Morgan fingerprint density at radius 2 is 1.96 bits per heavy atom. The third-order valence-electron chi connectivity index (χ3n) is 2.55. The monoisotopic (exact) mass is 397 g/mol. The first-order valence-electron chi connectivity index (χ1n) is 6.21. The molecule has 0 bridgehead atoms. The average Bonchev–Trinajstić information content (AvgIpc) is 2.47. The van der Waals surface area contributed by atoms with Crippen molar-refractivity contribution in [3.63, 3.8) is 0 Å². The second-order valence-corrected chi connectivity index (χ2v) is 6.18. The Morgan fingerprint density at radius 3 is 2.58 bits per heavy atom. The van der Waals surface area contributed by atoms with Crippen LogP contribution in [-0.2, 0) is 11.0 Å². The molecule has 2 aromatic rings. The number of rotatable bonds is 4. The lowest BCUT2D eigenvalue weighted by atomic mass is 10.3. The van der Waals surface area contributed by atoms with Crippen molar-refractivity contribution in [2.45, 2.75) is 11.3 Å². The fraction of sp³-hybridized carbons (Fsp3) is 0.154. The number of H-pyrrole nitrogens is 1. The lowest BCUT2D eigenvalue weighted by Gasteiger charge is -2.08. The van der Waals surface area contributed by atoms with Crippen LogP contribution in [0.5, 0.6) is 0 Å². The van der Waals surface area contributed by atoms with Crippen molar-refractivity contribution < 1.29 is 18.0 Å². The van der Waals surface area contributed by atoms with Crippen molar-refractivity contribution in [2.75, 3.05) is 11.1 Å². The van der Waals surface area contributed by atoms with Gasteiger partial charge in [0.1, 0.15) is 0 Å². The first kappa shape index (κ1) is 18.6. The van der Waals surface area contributed by atoms with Crippen LogP contribution in [-0.4, -0.2) is 21.6 Å². The molecule has 0 aliphatic heterocycles. The molecule has 0 spiro atoms. The second-order valence-electron chi connectivity index (χ2n) is 4.40. The molecule has 0 unspecified atom stereocenters. The lowest BCUT2D eigenvalue weighted by Crippen LogP contribution is -2.18. The molecule has 128 valence electrons. The summed E-state index contributed by atoms with van der Waals surface area (Å²) in [5.41, 5.74) is -1.90. The van der Waals surface area contributed by atoms with E-state index >= 15 is 0 Å². The van der Waals surface area contributed by atoms with Crippen LogP contribution in [0.3, 0.4) is 0 Å². The number of nitrogens with zero attached hydrogens (tertiary/aromatic N) is 1. The van der Waals surface area contributed by atoms with Crippen molar-refractivity contribution in [3.05, 3.63) is 50.4 Å². The topological polar surface area (TPSA) is 74.8 Å². The van der Waals surface area contributed by atoms with Gasteiger partial charge in [0.25, 0.3) is 5.56 Å². The molecule has 2 rings (SSSR count). The predicted molar refractivity (Wildman–Crippen MR) is 85.7 cm³/mol. The highest BCUT2D eigenvalue weighted by Crippen LogP contribution is 2.28. The van der Waals surface area contributed by atoms with E-state index in [0.29, 0.717) is 28.5 Å². The normalized spacial score (nSPS) is 11.4. The summed E-state index contributed by atoms with van der Waals surface area (Å²) in [5.74, 6) is -0.775. The second kappa shape index (κ2) is 7.45. The zero-order valence-electron chi connectivity index (χ0n) is 11.6. The minimum absolute atomic E-state index is 0.242. The van der Waals surface area contributed by atoms with Gasteiger partial charge in [0.2, 0.25) is 5.91 Å². The molecule has 0 aliphatic rings. The van der Waals surface area contributed by atoms with Gasteiger partial charge in [0.05, 0.1) is 15.8 Å². The molecule has 0 saturated heterocycles. The van der Waals surface area contributed by atoms with E-state index in [1.54, 1.807) is 0 Å².